The van der Waals surface area contributed by atoms with Gasteiger partial charge in [0.2, 0.25) is 0 Å². The zero-order valence-electron chi connectivity index (χ0n) is 13.0. The molecule has 4 nitrogen and oxygen atoms in total. The van der Waals surface area contributed by atoms with E-state index in [1.807, 2.05) is 12.1 Å². The first-order valence-electron chi connectivity index (χ1n) is 7.76. The maximum absolute atomic E-state index is 11.7. The molecule has 0 bridgehead atoms. The van der Waals surface area contributed by atoms with E-state index in [1.165, 1.54) is 32.4 Å². The van der Waals surface area contributed by atoms with E-state index in [4.69, 9.17) is 0 Å². The molecule has 0 aliphatic carbocycles. The van der Waals surface area contributed by atoms with Crippen molar-refractivity contribution < 1.29 is 8.42 Å². The van der Waals surface area contributed by atoms with Crippen LogP contribution in [0, 0.1) is 5.92 Å². The van der Waals surface area contributed by atoms with E-state index in [2.05, 4.69) is 17.3 Å². The Morgan fingerprint density at radius 2 is 1.81 bits per heavy atom. The molecule has 1 saturated heterocycles. The molecular formula is C16H26N2O2S. The summed E-state index contributed by atoms with van der Waals surface area (Å²) in [6, 6.07) is 7.10. The van der Waals surface area contributed by atoms with Gasteiger partial charge in [-0.1, -0.05) is 6.92 Å². The average molecular weight is 310 g/mol. The Hall–Kier alpha value is -1.07. The van der Waals surface area contributed by atoms with Crippen LogP contribution in [0.25, 0.3) is 0 Å². The van der Waals surface area contributed by atoms with E-state index in [-0.39, 0.29) is 5.75 Å². The quantitative estimate of drug-likeness (QED) is 0.877. The van der Waals surface area contributed by atoms with E-state index in [0.717, 1.165) is 18.2 Å². The molecule has 0 aromatic heterocycles. The Balaban J connectivity index is 1.79. The zero-order chi connectivity index (χ0) is 15.3. The molecule has 1 aliphatic rings. The lowest BCUT2D eigenvalue weighted by Crippen LogP contribution is -2.30. The number of nitrogens with one attached hydrogen (secondary N) is 1. The third-order valence-corrected chi connectivity index (χ3v) is 6.06. The predicted octanol–water partition coefficient (Wildman–Crippen LogP) is 2.62. The predicted molar refractivity (Wildman–Crippen MR) is 87.5 cm³/mol. The van der Waals surface area contributed by atoms with Gasteiger partial charge in [-0.2, -0.15) is 0 Å². The molecule has 0 saturated carbocycles. The van der Waals surface area contributed by atoms with Crippen molar-refractivity contribution >= 4 is 15.5 Å². The summed E-state index contributed by atoms with van der Waals surface area (Å²) in [6.45, 7) is 5.03. The molecule has 118 valence electrons. The second kappa shape index (κ2) is 7.27. The van der Waals surface area contributed by atoms with Gasteiger partial charge in [0.15, 0.2) is 9.84 Å². The number of piperidine rings is 1. The van der Waals surface area contributed by atoms with E-state index >= 15 is 0 Å². The molecule has 1 aliphatic heterocycles. The number of likely N-dealkylation sites (tertiary alicyclic amines) is 1. The summed E-state index contributed by atoms with van der Waals surface area (Å²) in [7, 11) is -0.909. The summed E-state index contributed by atoms with van der Waals surface area (Å²) >= 11 is 0. The summed E-state index contributed by atoms with van der Waals surface area (Å²) in [6.07, 6.45) is 3.75. The summed E-state index contributed by atoms with van der Waals surface area (Å²) in [5, 5.41) is 3.39. The van der Waals surface area contributed by atoms with Gasteiger partial charge in [0, 0.05) is 12.2 Å². The lowest BCUT2D eigenvalue weighted by atomic mass is 9.94. The first-order valence-corrected chi connectivity index (χ1v) is 9.41. The Labute approximate surface area is 128 Å². The Bertz CT molecular complexity index is 532. The van der Waals surface area contributed by atoms with Crippen LogP contribution in [0.5, 0.6) is 0 Å². The van der Waals surface area contributed by atoms with Crippen molar-refractivity contribution in [3.63, 3.8) is 0 Å². The second-order valence-corrected chi connectivity index (χ2v) is 8.17. The summed E-state index contributed by atoms with van der Waals surface area (Å²) < 4.78 is 23.5. The number of hydrogen-bond acceptors (Lipinski definition) is 4. The van der Waals surface area contributed by atoms with Gasteiger partial charge >= 0.3 is 0 Å². The van der Waals surface area contributed by atoms with Crippen molar-refractivity contribution in [3.8, 4) is 0 Å². The summed E-state index contributed by atoms with van der Waals surface area (Å²) in [5.41, 5.74) is 0.998. The maximum atomic E-state index is 11.7. The first-order chi connectivity index (χ1) is 10.0. The lowest BCUT2D eigenvalue weighted by Gasteiger charge is -2.29. The molecule has 0 amide bonds. The fourth-order valence-corrected chi connectivity index (χ4v) is 3.60. The monoisotopic (exact) mass is 310 g/mol. The Kier molecular flexibility index (Phi) is 5.65. The topological polar surface area (TPSA) is 49.4 Å². The molecule has 0 atom stereocenters. The number of anilines is 1. The van der Waals surface area contributed by atoms with Crippen LogP contribution < -0.4 is 5.32 Å². The number of nitrogens with zero attached hydrogens (tertiary/aromatic N) is 1. The van der Waals surface area contributed by atoms with Crippen LogP contribution in [-0.2, 0) is 9.84 Å². The average Bonchev–Trinajstić information content (AvgIpc) is 2.50. The minimum atomic E-state index is -3.09. The minimum absolute atomic E-state index is 0.149. The van der Waals surface area contributed by atoms with Crippen LogP contribution >= 0.6 is 0 Å². The number of benzene rings is 1. The molecule has 1 aromatic rings. The molecule has 2 rings (SSSR count). The molecule has 0 unspecified atom stereocenters. The SMILES string of the molecule is CCS(=O)(=O)c1ccc(NCCC2CCN(C)CC2)cc1. The highest BCUT2D eigenvalue weighted by Crippen LogP contribution is 2.20. The van der Waals surface area contributed by atoms with Crippen LogP contribution in [-0.4, -0.2) is 45.8 Å². The van der Waals surface area contributed by atoms with Crippen LogP contribution in [0.2, 0.25) is 0 Å². The summed E-state index contributed by atoms with van der Waals surface area (Å²) in [5.74, 6) is 0.962. The van der Waals surface area contributed by atoms with Gasteiger partial charge in [-0.15, -0.1) is 0 Å². The number of rotatable bonds is 6. The van der Waals surface area contributed by atoms with Gasteiger partial charge in [0.1, 0.15) is 0 Å². The molecule has 1 N–H and O–H groups in total. The van der Waals surface area contributed by atoms with Gasteiger partial charge in [0.05, 0.1) is 10.6 Å². The largest absolute Gasteiger partial charge is 0.385 e. The molecule has 1 heterocycles. The van der Waals surface area contributed by atoms with Crippen LogP contribution in [0.15, 0.2) is 29.2 Å². The third-order valence-electron chi connectivity index (χ3n) is 4.31. The van der Waals surface area contributed by atoms with Gasteiger partial charge < -0.3 is 10.2 Å². The highest BCUT2D eigenvalue weighted by Gasteiger charge is 2.16. The van der Waals surface area contributed by atoms with Gasteiger partial charge in [-0.25, -0.2) is 8.42 Å². The standard InChI is InChI=1S/C16H26N2O2S/c1-3-21(19,20)16-6-4-15(5-7-16)17-11-8-14-9-12-18(2)13-10-14/h4-7,14,17H,3,8-13H2,1-2H3. The number of sulfone groups is 1. The molecule has 0 radical (unpaired) electrons. The fourth-order valence-electron chi connectivity index (χ4n) is 2.72. The van der Waals surface area contributed by atoms with Crippen LogP contribution in [0.1, 0.15) is 26.2 Å². The molecule has 1 fully saturated rings. The second-order valence-electron chi connectivity index (χ2n) is 5.89. The highest BCUT2D eigenvalue weighted by molar-refractivity contribution is 7.91. The highest BCUT2D eigenvalue weighted by atomic mass is 32.2. The molecule has 21 heavy (non-hydrogen) atoms. The third kappa shape index (κ3) is 4.71. The van der Waals surface area contributed by atoms with Crippen molar-refractivity contribution in [3.05, 3.63) is 24.3 Å². The zero-order valence-corrected chi connectivity index (χ0v) is 13.8. The van der Waals surface area contributed by atoms with Gasteiger partial charge in [-0.3, -0.25) is 0 Å². The fraction of sp³-hybridized carbons (Fsp3) is 0.625. The molecule has 5 heteroatoms. The molecular weight excluding hydrogens is 284 g/mol. The first kappa shape index (κ1) is 16.3. The molecule has 0 spiro atoms. The number of hydrogen-bond donors (Lipinski definition) is 1. The summed E-state index contributed by atoms with van der Waals surface area (Å²) in [4.78, 5) is 2.79. The van der Waals surface area contributed by atoms with Crippen LogP contribution in [0.4, 0.5) is 5.69 Å². The maximum Gasteiger partial charge on any atom is 0.178 e. The van der Waals surface area contributed by atoms with E-state index in [9.17, 15) is 8.42 Å². The smallest absolute Gasteiger partial charge is 0.178 e. The van der Waals surface area contributed by atoms with Crippen molar-refractivity contribution in [2.45, 2.75) is 31.1 Å². The van der Waals surface area contributed by atoms with E-state index in [0.29, 0.717) is 4.90 Å². The van der Waals surface area contributed by atoms with Crippen molar-refractivity contribution in [1.82, 2.24) is 4.90 Å². The Morgan fingerprint density at radius 1 is 1.19 bits per heavy atom. The van der Waals surface area contributed by atoms with E-state index < -0.39 is 9.84 Å². The van der Waals surface area contributed by atoms with Crippen molar-refractivity contribution in [2.75, 3.05) is 37.8 Å². The van der Waals surface area contributed by atoms with Crippen molar-refractivity contribution in [2.24, 2.45) is 5.92 Å². The normalized spacial score (nSPS) is 17.8. The van der Waals surface area contributed by atoms with Gasteiger partial charge in [0.25, 0.3) is 0 Å². The van der Waals surface area contributed by atoms with E-state index in [1.54, 1.807) is 19.1 Å². The van der Waals surface area contributed by atoms with Crippen LogP contribution in [0.3, 0.4) is 0 Å². The minimum Gasteiger partial charge on any atom is -0.385 e. The molecule has 1 aromatic carbocycles. The lowest BCUT2D eigenvalue weighted by molar-refractivity contribution is 0.215. The Morgan fingerprint density at radius 3 is 2.38 bits per heavy atom. The van der Waals surface area contributed by atoms with Crippen molar-refractivity contribution in [1.29, 1.82) is 0 Å². The van der Waals surface area contributed by atoms with Gasteiger partial charge in [-0.05, 0) is 69.6 Å².